The van der Waals surface area contributed by atoms with Gasteiger partial charge in [0.25, 0.3) is 0 Å². The number of unbranched alkanes of at least 4 members (excludes halogenated alkanes) is 24. The number of hydrogen-bond acceptors (Lipinski definition) is 3. The number of carbonyl (C=O) groups excluding carboxylic acids is 1. The Morgan fingerprint density at radius 2 is 0.929 bits per heavy atom. The van der Waals surface area contributed by atoms with Gasteiger partial charge in [0.1, 0.15) is 0 Å². The van der Waals surface area contributed by atoms with Crippen molar-refractivity contribution >= 4 is 5.91 Å². The molecule has 42 heavy (non-hydrogen) atoms. The monoisotopic (exact) mass is 592 g/mol. The topological polar surface area (TPSA) is 69.6 Å². The van der Waals surface area contributed by atoms with Gasteiger partial charge in [-0.25, -0.2) is 0 Å². The molecule has 0 aliphatic heterocycles. The van der Waals surface area contributed by atoms with E-state index >= 15 is 0 Å². The fourth-order valence-electron chi connectivity index (χ4n) is 5.55. The number of aliphatic hydroxyl groups excluding tert-OH is 2. The van der Waals surface area contributed by atoms with E-state index in [0.717, 1.165) is 32.1 Å². The Hall–Kier alpha value is -1.13. The van der Waals surface area contributed by atoms with E-state index in [0.29, 0.717) is 6.42 Å². The predicted molar refractivity (Wildman–Crippen MR) is 184 cm³/mol. The first kappa shape index (κ1) is 40.9. The van der Waals surface area contributed by atoms with Gasteiger partial charge in [0.15, 0.2) is 0 Å². The van der Waals surface area contributed by atoms with Crippen LogP contribution in [0.25, 0.3) is 0 Å². The minimum absolute atomic E-state index is 0.0735. The molecule has 0 fully saturated rings. The van der Waals surface area contributed by atoms with Crippen molar-refractivity contribution in [1.29, 1.82) is 0 Å². The van der Waals surface area contributed by atoms with Crippen LogP contribution in [0.15, 0.2) is 24.3 Å². The summed E-state index contributed by atoms with van der Waals surface area (Å²) >= 11 is 0. The molecule has 0 radical (unpaired) electrons. The van der Waals surface area contributed by atoms with Crippen molar-refractivity contribution in [3.05, 3.63) is 24.3 Å². The molecule has 2 atom stereocenters. The van der Waals surface area contributed by atoms with Gasteiger partial charge in [0.2, 0.25) is 5.91 Å². The molecule has 0 bridgehead atoms. The molecule has 3 N–H and O–H groups in total. The highest BCUT2D eigenvalue weighted by Gasteiger charge is 2.17. The average molecular weight is 592 g/mol. The van der Waals surface area contributed by atoms with E-state index in [2.05, 4.69) is 31.3 Å². The van der Waals surface area contributed by atoms with Crippen LogP contribution >= 0.6 is 0 Å². The number of nitrogens with one attached hydrogen (secondary N) is 1. The van der Waals surface area contributed by atoms with Crippen molar-refractivity contribution in [1.82, 2.24) is 5.32 Å². The second-order valence-corrected chi connectivity index (χ2v) is 12.6. The van der Waals surface area contributed by atoms with Crippen LogP contribution in [-0.4, -0.2) is 34.9 Å². The summed E-state index contributed by atoms with van der Waals surface area (Å²) in [7, 11) is 0. The molecule has 0 aliphatic rings. The van der Waals surface area contributed by atoms with Crippen LogP contribution in [0.3, 0.4) is 0 Å². The lowest BCUT2D eigenvalue weighted by atomic mass is 10.0. The molecule has 0 heterocycles. The molecule has 0 rings (SSSR count). The first-order valence-electron chi connectivity index (χ1n) is 18.6. The zero-order valence-corrected chi connectivity index (χ0v) is 28.3. The molecular weight excluding hydrogens is 518 g/mol. The largest absolute Gasteiger partial charge is 0.394 e. The molecule has 0 aromatic carbocycles. The predicted octanol–water partition coefficient (Wildman–Crippen LogP) is 10.9. The van der Waals surface area contributed by atoms with E-state index in [4.69, 9.17) is 0 Å². The van der Waals surface area contributed by atoms with Crippen molar-refractivity contribution in [3.63, 3.8) is 0 Å². The second kappa shape index (κ2) is 34.4. The van der Waals surface area contributed by atoms with Crippen molar-refractivity contribution in [2.45, 2.75) is 206 Å². The lowest BCUT2D eigenvalue weighted by Crippen LogP contribution is -2.45. The van der Waals surface area contributed by atoms with Gasteiger partial charge in [-0.2, -0.15) is 0 Å². The van der Waals surface area contributed by atoms with Crippen LogP contribution in [0.5, 0.6) is 0 Å². The van der Waals surface area contributed by atoms with E-state index in [1.807, 2.05) is 6.08 Å². The average Bonchev–Trinajstić information content (AvgIpc) is 2.99. The second-order valence-electron chi connectivity index (χ2n) is 12.6. The zero-order valence-electron chi connectivity index (χ0n) is 28.3. The van der Waals surface area contributed by atoms with Gasteiger partial charge in [-0.15, -0.1) is 0 Å². The van der Waals surface area contributed by atoms with Crippen LogP contribution in [0, 0.1) is 0 Å². The molecule has 0 aromatic heterocycles. The van der Waals surface area contributed by atoms with Crippen molar-refractivity contribution in [3.8, 4) is 0 Å². The third-order valence-electron chi connectivity index (χ3n) is 8.44. The van der Waals surface area contributed by atoms with Gasteiger partial charge in [-0.3, -0.25) is 4.79 Å². The number of amides is 1. The Labute approximate surface area is 262 Å². The molecule has 0 saturated carbocycles. The fourth-order valence-corrected chi connectivity index (χ4v) is 5.55. The third-order valence-corrected chi connectivity index (χ3v) is 8.44. The van der Waals surface area contributed by atoms with Crippen molar-refractivity contribution < 1.29 is 15.0 Å². The molecule has 0 unspecified atom stereocenters. The van der Waals surface area contributed by atoms with E-state index in [-0.39, 0.29) is 12.5 Å². The van der Waals surface area contributed by atoms with Crippen LogP contribution < -0.4 is 5.32 Å². The number of allylic oxidation sites excluding steroid dienone is 3. The summed E-state index contributed by atoms with van der Waals surface area (Å²) in [4.78, 5) is 12.3. The maximum Gasteiger partial charge on any atom is 0.220 e. The highest BCUT2D eigenvalue weighted by atomic mass is 16.3. The molecule has 0 spiro atoms. The lowest BCUT2D eigenvalue weighted by molar-refractivity contribution is -0.123. The van der Waals surface area contributed by atoms with Gasteiger partial charge in [-0.05, 0) is 32.1 Å². The van der Waals surface area contributed by atoms with Gasteiger partial charge >= 0.3 is 0 Å². The van der Waals surface area contributed by atoms with E-state index in [9.17, 15) is 15.0 Å². The number of carbonyl (C=O) groups is 1. The van der Waals surface area contributed by atoms with E-state index in [1.54, 1.807) is 6.08 Å². The lowest BCUT2D eigenvalue weighted by Gasteiger charge is -2.19. The summed E-state index contributed by atoms with van der Waals surface area (Å²) in [6, 6.07) is -0.632. The maximum absolute atomic E-state index is 12.3. The standard InChI is InChI=1S/C38H73NO3/c1-3-5-7-9-11-13-15-17-18-19-20-21-22-24-26-28-30-32-34-38(42)39-36(35-40)37(41)33-31-29-27-25-23-16-14-12-10-8-6-4-2/h23,25,31,33,36-37,40-41H,3-22,24,26-30,32,34-35H2,1-2H3,(H,39,42)/b25-23+,33-31+/t36-,37+/m0/s1. The van der Waals surface area contributed by atoms with Crippen molar-refractivity contribution in [2.24, 2.45) is 0 Å². The Morgan fingerprint density at radius 1 is 0.548 bits per heavy atom. The van der Waals surface area contributed by atoms with Gasteiger partial charge in [0, 0.05) is 6.42 Å². The normalized spacial score (nSPS) is 13.3. The summed E-state index contributed by atoms with van der Waals surface area (Å²) < 4.78 is 0. The smallest absolute Gasteiger partial charge is 0.220 e. The SMILES string of the molecule is CCCCCCCC/C=C/CC/C=C/[C@@H](O)[C@H](CO)NC(=O)CCCCCCCCCCCCCCCCCCCC. The summed E-state index contributed by atoms with van der Waals surface area (Å²) in [5.74, 6) is -0.0735. The number of aliphatic hydroxyl groups is 2. The van der Waals surface area contributed by atoms with Crippen LogP contribution in [-0.2, 0) is 4.79 Å². The van der Waals surface area contributed by atoms with Gasteiger partial charge < -0.3 is 15.5 Å². The molecule has 4 heteroatoms. The van der Waals surface area contributed by atoms with Crippen LogP contribution in [0.4, 0.5) is 0 Å². The van der Waals surface area contributed by atoms with Crippen LogP contribution in [0.1, 0.15) is 194 Å². The zero-order chi connectivity index (χ0) is 30.8. The summed E-state index contributed by atoms with van der Waals surface area (Å²) in [6.07, 6.45) is 42.6. The summed E-state index contributed by atoms with van der Waals surface area (Å²) in [5, 5.41) is 22.8. The fraction of sp³-hybridized carbons (Fsp3) is 0.868. The molecule has 0 aliphatic carbocycles. The van der Waals surface area contributed by atoms with Gasteiger partial charge in [-0.1, -0.05) is 179 Å². The molecule has 0 saturated heterocycles. The van der Waals surface area contributed by atoms with Gasteiger partial charge in [0.05, 0.1) is 18.8 Å². The highest BCUT2D eigenvalue weighted by Crippen LogP contribution is 2.15. The minimum Gasteiger partial charge on any atom is -0.394 e. The highest BCUT2D eigenvalue weighted by molar-refractivity contribution is 5.76. The van der Waals surface area contributed by atoms with E-state index < -0.39 is 12.1 Å². The molecule has 4 nitrogen and oxygen atoms in total. The third kappa shape index (κ3) is 30.3. The molecule has 248 valence electrons. The molecular formula is C38H73NO3. The van der Waals surface area contributed by atoms with Crippen LogP contribution in [0.2, 0.25) is 0 Å². The Bertz CT molecular complexity index is 603. The maximum atomic E-state index is 12.3. The molecule has 0 aromatic rings. The summed E-state index contributed by atoms with van der Waals surface area (Å²) in [6.45, 7) is 4.28. The Morgan fingerprint density at radius 3 is 1.38 bits per heavy atom. The minimum atomic E-state index is -0.855. The quantitative estimate of drug-likeness (QED) is 0.0525. The summed E-state index contributed by atoms with van der Waals surface area (Å²) in [5.41, 5.74) is 0. The Balaban J connectivity index is 3.60. The number of hydrogen-bond donors (Lipinski definition) is 3. The van der Waals surface area contributed by atoms with E-state index in [1.165, 1.54) is 141 Å². The number of rotatable bonds is 33. The first-order valence-corrected chi connectivity index (χ1v) is 18.6. The van der Waals surface area contributed by atoms with Crippen molar-refractivity contribution in [2.75, 3.05) is 6.61 Å². The molecule has 1 amide bonds. The Kier molecular flexibility index (Phi) is 33.4. The first-order chi connectivity index (χ1) is 20.7.